The lowest BCUT2D eigenvalue weighted by Crippen LogP contribution is -2.04. The monoisotopic (exact) mass is 342 g/mol. The number of carbonyl (C=O) groups excluding carboxylic acids is 1. The van der Waals surface area contributed by atoms with Crippen molar-refractivity contribution in [1.29, 1.82) is 0 Å². The van der Waals surface area contributed by atoms with E-state index in [1.165, 1.54) is 31.4 Å². The number of allylic oxidation sites excluding steroid dienone is 1. The fourth-order valence-electron chi connectivity index (χ4n) is 2.06. The molecule has 0 aliphatic carbocycles. The number of carboxylic acids is 1. The fraction of sp³-hybridized carbons (Fsp3) is 0.158. The van der Waals surface area contributed by atoms with Gasteiger partial charge in [0.15, 0.2) is 17.3 Å². The predicted molar refractivity (Wildman–Crippen MR) is 92.2 cm³/mol. The summed E-state index contributed by atoms with van der Waals surface area (Å²) in [5, 5.41) is 18.2. The van der Waals surface area contributed by atoms with Crippen molar-refractivity contribution in [2.45, 2.75) is 6.42 Å². The van der Waals surface area contributed by atoms with Crippen molar-refractivity contribution in [2.75, 3.05) is 13.7 Å². The summed E-state index contributed by atoms with van der Waals surface area (Å²) in [6, 6.07) is 11.4. The van der Waals surface area contributed by atoms with E-state index in [4.69, 9.17) is 14.6 Å². The highest BCUT2D eigenvalue weighted by atomic mass is 16.5. The van der Waals surface area contributed by atoms with E-state index in [0.29, 0.717) is 11.3 Å². The first-order valence-corrected chi connectivity index (χ1v) is 7.53. The van der Waals surface area contributed by atoms with Gasteiger partial charge in [0.1, 0.15) is 5.75 Å². The molecule has 0 amide bonds. The fourth-order valence-corrected chi connectivity index (χ4v) is 2.06. The number of ketones is 1. The van der Waals surface area contributed by atoms with E-state index in [9.17, 15) is 14.7 Å². The van der Waals surface area contributed by atoms with Gasteiger partial charge in [0, 0.05) is 5.56 Å². The van der Waals surface area contributed by atoms with Gasteiger partial charge in [-0.2, -0.15) is 0 Å². The Labute approximate surface area is 144 Å². The summed E-state index contributed by atoms with van der Waals surface area (Å²) in [5.41, 5.74) is 1.13. The van der Waals surface area contributed by atoms with Crippen LogP contribution in [0.15, 0.2) is 48.5 Å². The molecule has 0 spiro atoms. The van der Waals surface area contributed by atoms with E-state index >= 15 is 0 Å². The van der Waals surface area contributed by atoms with Gasteiger partial charge in [-0.1, -0.05) is 18.2 Å². The van der Waals surface area contributed by atoms with Crippen LogP contribution in [0.4, 0.5) is 0 Å². The highest BCUT2D eigenvalue weighted by Gasteiger charge is 2.07. The Morgan fingerprint density at radius 2 is 1.96 bits per heavy atom. The van der Waals surface area contributed by atoms with Gasteiger partial charge in [-0.15, -0.1) is 0 Å². The van der Waals surface area contributed by atoms with E-state index in [-0.39, 0.29) is 30.3 Å². The first-order valence-electron chi connectivity index (χ1n) is 7.53. The Balaban J connectivity index is 2.05. The molecular formula is C19H18O6. The Morgan fingerprint density at radius 3 is 2.68 bits per heavy atom. The maximum absolute atomic E-state index is 12.2. The number of phenolic OH excluding ortho intramolecular Hbond substituents is 1. The van der Waals surface area contributed by atoms with E-state index in [1.54, 1.807) is 30.3 Å². The van der Waals surface area contributed by atoms with Gasteiger partial charge in [0.2, 0.25) is 0 Å². The van der Waals surface area contributed by atoms with Crippen LogP contribution in [0.5, 0.6) is 17.2 Å². The molecule has 0 fully saturated rings. The lowest BCUT2D eigenvalue weighted by molar-refractivity contribution is -0.137. The van der Waals surface area contributed by atoms with Crippen LogP contribution in [0, 0.1) is 0 Å². The number of carboxylic acid groups (broad SMARTS) is 1. The first-order chi connectivity index (χ1) is 12.0. The number of aromatic hydroxyl groups is 1. The minimum Gasteiger partial charge on any atom is -0.504 e. The molecule has 0 saturated carbocycles. The molecule has 0 bridgehead atoms. The second kappa shape index (κ2) is 8.54. The van der Waals surface area contributed by atoms with Crippen molar-refractivity contribution in [3.05, 3.63) is 59.7 Å². The number of benzene rings is 2. The van der Waals surface area contributed by atoms with Crippen molar-refractivity contribution in [2.24, 2.45) is 0 Å². The van der Waals surface area contributed by atoms with Gasteiger partial charge < -0.3 is 19.7 Å². The summed E-state index contributed by atoms with van der Waals surface area (Å²) in [7, 11) is 1.41. The molecule has 0 unspecified atom stereocenters. The lowest BCUT2D eigenvalue weighted by atomic mass is 10.1. The van der Waals surface area contributed by atoms with Crippen LogP contribution in [0.3, 0.4) is 0 Å². The molecule has 0 radical (unpaired) electrons. The topological polar surface area (TPSA) is 93.1 Å². The SMILES string of the molecule is COc1cc(C(=O)C=Cc2cccc(OCCC(=O)O)c2)ccc1O. The maximum Gasteiger partial charge on any atom is 0.306 e. The van der Waals surface area contributed by atoms with E-state index in [2.05, 4.69) is 0 Å². The first kappa shape index (κ1) is 18.1. The van der Waals surface area contributed by atoms with E-state index in [0.717, 1.165) is 5.56 Å². The lowest BCUT2D eigenvalue weighted by Gasteiger charge is -2.05. The quantitative estimate of drug-likeness (QED) is 0.565. The standard InChI is InChI=1S/C19H18O6/c1-24-18-12-14(6-8-17(18)21)16(20)7-5-13-3-2-4-15(11-13)25-10-9-19(22)23/h2-8,11-12,21H,9-10H2,1H3,(H,22,23). The molecule has 2 N–H and O–H groups in total. The molecule has 0 aromatic heterocycles. The van der Waals surface area contributed by atoms with E-state index in [1.807, 2.05) is 0 Å². The summed E-state index contributed by atoms with van der Waals surface area (Å²) < 4.78 is 10.3. The molecule has 6 heteroatoms. The van der Waals surface area contributed by atoms with Crippen LogP contribution < -0.4 is 9.47 Å². The molecule has 2 rings (SSSR count). The summed E-state index contributed by atoms with van der Waals surface area (Å²) in [4.78, 5) is 22.7. The Morgan fingerprint density at radius 1 is 1.16 bits per heavy atom. The van der Waals surface area contributed by atoms with Crippen LogP contribution >= 0.6 is 0 Å². The molecule has 0 saturated heterocycles. The van der Waals surface area contributed by atoms with Crippen LogP contribution in [0.2, 0.25) is 0 Å². The molecule has 0 aliphatic rings. The zero-order chi connectivity index (χ0) is 18.2. The van der Waals surface area contributed by atoms with Gasteiger partial charge in [-0.05, 0) is 42.0 Å². The van der Waals surface area contributed by atoms with Gasteiger partial charge >= 0.3 is 5.97 Å². The molecule has 2 aromatic rings. The number of hydrogen-bond donors (Lipinski definition) is 2. The predicted octanol–water partition coefficient (Wildman–Crippen LogP) is 3.15. The van der Waals surface area contributed by atoms with Crippen LogP contribution in [0.1, 0.15) is 22.3 Å². The summed E-state index contributed by atoms with van der Waals surface area (Å²) in [5.74, 6) is -0.439. The largest absolute Gasteiger partial charge is 0.504 e. The third kappa shape index (κ3) is 5.39. The highest BCUT2D eigenvalue weighted by molar-refractivity contribution is 6.07. The van der Waals surface area contributed by atoms with Crippen LogP contribution in [0.25, 0.3) is 6.08 Å². The van der Waals surface area contributed by atoms with Crippen molar-refractivity contribution in [1.82, 2.24) is 0 Å². The number of carbonyl (C=O) groups is 2. The molecular weight excluding hydrogens is 324 g/mol. The van der Waals surface area contributed by atoms with Crippen molar-refractivity contribution < 1.29 is 29.3 Å². The number of aliphatic carboxylic acids is 1. The Kier molecular flexibility index (Phi) is 6.17. The van der Waals surface area contributed by atoms with Crippen molar-refractivity contribution >= 4 is 17.8 Å². The third-order valence-corrected chi connectivity index (χ3v) is 3.33. The number of phenols is 1. The molecule has 2 aromatic carbocycles. The van der Waals surface area contributed by atoms with Gasteiger partial charge in [-0.25, -0.2) is 0 Å². The van der Waals surface area contributed by atoms with Crippen molar-refractivity contribution in [3.8, 4) is 17.2 Å². The minimum atomic E-state index is -0.925. The third-order valence-electron chi connectivity index (χ3n) is 3.33. The van der Waals surface area contributed by atoms with Gasteiger partial charge in [-0.3, -0.25) is 9.59 Å². The average molecular weight is 342 g/mol. The average Bonchev–Trinajstić information content (AvgIpc) is 2.60. The zero-order valence-electron chi connectivity index (χ0n) is 13.6. The van der Waals surface area contributed by atoms with Gasteiger partial charge in [0.25, 0.3) is 0 Å². The van der Waals surface area contributed by atoms with Crippen LogP contribution in [-0.4, -0.2) is 35.7 Å². The zero-order valence-corrected chi connectivity index (χ0v) is 13.6. The van der Waals surface area contributed by atoms with Crippen molar-refractivity contribution in [3.63, 3.8) is 0 Å². The maximum atomic E-state index is 12.2. The van der Waals surface area contributed by atoms with Crippen LogP contribution in [-0.2, 0) is 4.79 Å². The van der Waals surface area contributed by atoms with E-state index < -0.39 is 5.97 Å². The highest BCUT2D eigenvalue weighted by Crippen LogP contribution is 2.26. The summed E-state index contributed by atoms with van der Waals surface area (Å²) in [6.07, 6.45) is 2.95. The molecule has 0 heterocycles. The van der Waals surface area contributed by atoms with Gasteiger partial charge in [0.05, 0.1) is 20.1 Å². The Hall–Kier alpha value is -3.28. The number of rotatable bonds is 8. The minimum absolute atomic E-state index is 0.0331. The summed E-state index contributed by atoms with van der Waals surface area (Å²) >= 11 is 0. The second-order valence-electron chi connectivity index (χ2n) is 5.15. The molecule has 0 atom stereocenters. The second-order valence-corrected chi connectivity index (χ2v) is 5.15. The molecule has 6 nitrogen and oxygen atoms in total. The Bertz CT molecular complexity index is 794. The molecule has 130 valence electrons. The smallest absolute Gasteiger partial charge is 0.306 e. The number of ether oxygens (including phenoxy) is 2. The normalized spacial score (nSPS) is 10.6. The number of hydrogen-bond acceptors (Lipinski definition) is 5. The summed E-state index contributed by atoms with van der Waals surface area (Å²) in [6.45, 7) is 0.0781. The molecule has 0 aliphatic heterocycles. The molecule has 25 heavy (non-hydrogen) atoms. The number of methoxy groups -OCH3 is 1.